The third-order valence-electron chi connectivity index (χ3n) is 11.1. The Balaban J connectivity index is 1.37. The van der Waals surface area contributed by atoms with Crippen LogP contribution in [0, 0.1) is 46.3 Å². The molecule has 0 heterocycles. The number of aliphatic hydroxyl groups is 3. The van der Waals surface area contributed by atoms with Gasteiger partial charge in [0.05, 0.1) is 12.2 Å². The van der Waals surface area contributed by atoms with Crippen molar-refractivity contribution in [2.45, 2.75) is 90.4 Å². The van der Waals surface area contributed by atoms with Gasteiger partial charge in [0.1, 0.15) is 11.9 Å². The van der Waals surface area contributed by atoms with Crippen LogP contribution < -0.4 is 0 Å². The molecule has 0 spiro atoms. The van der Waals surface area contributed by atoms with Gasteiger partial charge in [0, 0.05) is 12.3 Å². The van der Waals surface area contributed by atoms with E-state index in [2.05, 4.69) is 20.8 Å². The first-order valence-electron chi connectivity index (χ1n) is 13.3. The van der Waals surface area contributed by atoms with Gasteiger partial charge >= 0.3 is 0 Å². The minimum absolute atomic E-state index is 0.000730. The molecule has 1 aromatic carbocycles. The van der Waals surface area contributed by atoms with E-state index in [0.717, 1.165) is 44.1 Å². The largest absolute Gasteiger partial charge is 0.393 e. The van der Waals surface area contributed by atoms with Crippen molar-refractivity contribution < 1.29 is 20.1 Å². The van der Waals surface area contributed by atoms with E-state index in [1.54, 1.807) is 0 Å². The molecule has 11 atom stereocenters. The summed E-state index contributed by atoms with van der Waals surface area (Å²) in [7, 11) is 0. The fraction of sp³-hybridized carbons (Fsp3) is 0.759. The van der Waals surface area contributed by atoms with Crippen molar-refractivity contribution in [2.75, 3.05) is 0 Å². The van der Waals surface area contributed by atoms with E-state index in [1.165, 1.54) is 0 Å². The van der Waals surface area contributed by atoms with E-state index >= 15 is 0 Å². The summed E-state index contributed by atoms with van der Waals surface area (Å²) in [5.74, 6) is 2.28. The molecular formula is C29H42O4. The number of carbonyl (C=O) groups is 1. The van der Waals surface area contributed by atoms with E-state index in [4.69, 9.17) is 0 Å². The Bertz CT molecular complexity index is 870. The molecule has 4 nitrogen and oxygen atoms in total. The molecule has 4 aliphatic rings. The zero-order valence-corrected chi connectivity index (χ0v) is 20.5. The average molecular weight is 455 g/mol. The van der Waals surface area contributed by atoms with Crippen LogP contribution in [0.1, 0.15) is 83.8 Å². The van der Waals surface area contributed by atoms with Gasteiger partial charge in [-0.15, -0.1) is 0 Å². The van der Waals surface area contributed by atoms with Crippen molar-refractivity contribution in [2.24, 2.45) is 46.3 Å². The zero-order valence-electron chi connectivity index (χ0n) is 20.5. The van der Waals surface area contributed by atoms with Gasteiger partial charge in [-0.3, -0.25) is 4.79 Å². The van der Waals surface area contributed by atoms with E-state index in [0.29, 0.717) is 42.3 Å². The van der Waals surface area contributed by atoms with Crippen molar-refractivity contribution in [3.63, 3.8) is 0 Å². The lowest BCUT2D eigenvalue weighted by atomic mass is 9.44. The van der Waals surface area contributed by atoms with Crippen LogP contribution in [-0.2, 0) is 4.79 Å². The molecule has 4 saturated carbocycles. The molecule has 0 aromatic heterocycles. The molecule has 182 valence electrons. The molecule has 0 aliphatic heterocycles. The minimum Gasteiger partial charge on any atom is -0.393 e. The maximum atomic E-state index is 13.3. The molecule has 3 N–H and O–H groups in total. The molecular weight excluding hydrogens is 412 g/mol. The maximum absolute atomic E-state index is 13.3. The summed E-state index contributed by atoms with van der Waals surface area (Å²) in [4.78, 5) is 13.3. The van der Waals surface area contributed by atoms with Crippen LogP contribution in [-0.4, -0.2) is 33.3 Å². The summed E-state index contributed by atoms with van der Waals surface area (Å²) in [5, 5.41) is 32.3. The molecule has 4 aliphatic carbocycles. The van der Waals surface area contributed by atoms with E-state index in [1.807, 2.05) is 30.3 Å². The Morgan fingerprint density at radius 3 is 2.33 bits per heavy atom. The van der Waals surface area contributed by atoms with Crippen LogP contribution in [0.4, 0.5) is 0 Å². The fourth-order valence-corrected chi connectivity index (χ4v) is 9.30. The fourth-order valence-electron chi connectivity index (χ4n) is 9.30. The molecule has 0 radical (unpaired) electrons. The second-order valence-electron chi connectivity index (χ2n) is 12.5. The number of Topliss-reactive ketones (excluding diaryl/α,β-unsaturated/α-hetero) is 1. The number of carbonyl (C=O) groups excluding carboxylic acids is 1. The normalized spacial score (nSPS) is 45.5. The number of rotatable bonds is 4. The predicted octanol–water partition coefficient (Wildman–Crippen LogP) is 4.92. The summed E-state index contributed by atoms with van der Waals surface area (Å²) in [6.45, 7) is 6.87. The quantitative estimate of drug-likeness (QED) is 0.604. The van der Waals surface area contributed by atoms with Gasteiger partial charge in [-0.1, -0.05) is 51.1 Å². The van der Waals surface area contributed by atoms with Gasteiger partial charge in [0.2, 0.25) is 0 Å². The highest BCUT2D eigenvalue weighted by Crippen LogP contribution is 2.68. The first-order valence-corrected chi connectivity index (χ1v) is 13.3. The van der Waals surface area contributed by atoms with E-state index in [-0.39, 0.29) is 28.8 Å². The number of ketones is 1. The number of hydrogen-bond donors (Lipinski definition) is 3. The summed E-state index contributed by atoms with van der Waals surface area (Å²) in [6.07, 6.45) is 5.63. The highest BCUT2D eigenvalue weighted by molar-refractivity contribution is 5.83. The Morgan fingerprint density at radius 2 is 1.61 bits per heavy atom. The van der Waals surface area contributed by atoms with Gasteiger partial charge in [0.15, 0.2) is 0 Å². The molecule has 5 rings (SSSR count). The van der Waals surface area contributed by atoms with Crippen molar-refractivity contribution >= 4 is 5.78 Å². The molecule has 0 unspecified atom stereocenters. The first-order chi connectivity index (χ1) is 15.7. The second kappa shape index (κ2) is 8.46. The highest BCUT2D eigenvalue weighted by Gasteiger charge is 2.62. The monoisotopic (exact) mass is 454 g/mol. The summed E-state index contributed by atoms with van der Waals surface area (Å²) < 4.78 is 0. The molecule has 4 fully saturated rings. The molecule has 1 aromatic rings. The van der Waals surface area contributed by atoms with Crippen LogP contribution in [0.5, 0.6) is 0 Å². The number of aliphatic hydroxyl groups excluding tert-OH is 3. The molecule has 0 amide bonds. The molecule has 0 saturated heterocycles. The second-order valence-corrected chi connectivity index (χ2v) is 12.5. The number of benzene rings is 1. The van der Waals surface area contributed by atoms with Crippen molar-refractivity contribution in [1.29, 1.82) is 0 Å². The SMILES string of the molecule is C[C@H]([C@H](O)[C@@H](O)c1ccccc1)[C@H]1CC[C@H]2[C@@H]3CC(=O)[C@H]4C[C@H](O)CC[C@]4(C)[C@H]3CC[C@]12C. The topological polar surface area (TPSA) is 77.8 Å². The maximum Gasteiger partial charge on any atom is 0.136 e. The Morgan fingerprint density at radius 1 is 0.939 bits per heavy atom. The summed E-state index contributed by atoms with van der Waals surface area (Å²) >= 11 is 0. The first kappa shape index (κ1) is 23.5. The van der Waals surface area contributed by atoms with Crippen LogP contribution in [0.15, 0.2) is 30.3 Å². The molecule has 4 heteroatoms. The lowest BCUT2D eigenvalue weighted by Gasteiger charge is -2.60. The van der Waals surface area contributed by atoms with Crippen LogP contribution in [0.3, 0.4) is 0 Å². The lowest BCUT2D eigenvalue weighted by molar-refractivity contribution is -0.161. The Hall–Kier alpha value is -1.23. The van der Waals surface area contributed by atoms with E-state index in [9.17, 15) is 20.1 Å². The van der Waals surface area contributed by atoms with Crippen molar-refractivity contribution in [3.05, 3.63) is 35.9 Å². The van der Waals surface area contributed by atoms with Crippen LogP contribution in [0.25, 0.3) is 0 Å². The van der Waals surface area contributed by atoms with Gasteiger partial charge in [0.25, 0.3) is 0 Å². The average Bonchev–Trinajstić information content (AvgIpc) is 3.17. The third kappa shape index (κ3) is 3.63. The number of hydrogen-bond acceptors (Lipinski definition) is 4. The highest BCUT2D eigenvalue weighted by atomic mass is 16.3. The zero-order chi connectivity index (χ0) is 23.5. The van der Waals surface area contributed by atoms with Gasteiger partial charge in [-0.25, -0.2) is 0 Å². The summed E-state index contributed by atoms with van der Waals surface area (Å²) in [6, 6.07) is 9.51. The Labute approximate surface area is 198 Å². The van der Waals surface area contributed by atoms with Gasteiger partial charge in [-0.2, -0.15) is 0 Å². The summed E-state index contributed by atoms with van der Waals surface area (Å²) in [5.41, 5.74) is 0.916. The van der Waals surface area contributed by atoms with Gasteiger partial charge < -0.3 is 15.3 Å². The van der Waals surface area contributed by atoms with Crippen molar-refractivity contribution in [1.82, 2.24) is 0 Å². The van der Waals surface area contributed by atoms with Crippen LogP contribution in [0.2, 0.25) is 0 Å². The van der Waals surface area contributed by atoms with Gasteiger partial charge in [-0.05, 0) is 90.9 Å². The standard InChI is InChI=1S/C29H42O4/c1-17(26(32)27(33)18-7-5-4-6-8-18)21-9-10-22-20-16-25(31)24-15-19(30)11-13-29(24,3)23(20)12-14-28(21,22)2/h4-8,17,19-24,26-27,30,32-33H,9-16H2,1-3H3/t17-,19+,20-,21+,22-,23-,24+,26-,27-,28+,29+/m0/s1. The van der Waals surface area contributed by atoms with Crippen molar-refractivity contribution in [3.8, 4) is 0 Å². The predicted molar refractivity (Wildman–Crippen MR) is 128 cm³/mol. The van der Waals surface area contributed by atoms with Crippen LogP contribution >= 0.6 is 0 Å². The number of fused-ring (bicyclic) bond motifs is 5. The smallest absolute Gasteiger partial charge is 0.136 e. The van der Waals surface area contributed by atoms with E-state index < -0.39 is 12.2 Å². The molecule has 0 bridgehead atoms. The molecule has 33 heavy (non-hydrogen) atoms. The lowest BCUT2D eigenvalue weighted by Crippen LogP contribution is -2.57. The third-order valence-corrected chi connectivity index (χ3v) is 11.1. The Kier molecular flexibility index (Phi) is 6.03. The minimum atomic E-state index is -0.871.